The Bertz CT molecular complexity index is 599. The summed E-state index contributed by atoms with van der Waals surface area (Å²) in [5, 5.41) is 0. The number of aromatic nitrogens is 3. The second-order valence-corrected chi connectivity index (χ2v) is 6.48. The zero-order valence-electron chi connectivity index (χ0n) is 12.1. The Kier molecular flexibility index (Phi) is 3.69. The number of fused-ring (bicyclic) bond motifs is 1. The number of alkyl halides is 1. The minimum atomic E-state index is 0.304. The molecule has 3 rings (SSSR count). The molecule has 20 heavy (non-hydrogen) atoms. The van der Waals surface area contributed by atoms with Crippen LogP contribution in [0.15, 0.2) is 18.3 Å². The molecule has 0 atom stereocenters. The number of piperidine rings is 1. The summed E-state index contributed by atoms with van der Waals surface area (Å²) >= 11 is 6.07. The van der Waals surface area contributed by atoms with Crippen molar-refractivity contribution in [1.82, 2.24) is 19.4 Å². The minimum absolute atomic E-state index is 0.304. The van der Waals surface area contributed by atoms with Crippen LogP contribution in [-0.2, 0) is 12.4 Å². The second kappa shape index (κ2) is 5.34. The maximum Gasteiger partial charge on any atom is 0.160 e. The molecule has 0 N–H and O–H groups in total. The lowest BCUT2D eigenvalue weighted by Gasteiger charge is -2.38. The summed E-state index contributed by atoms with van der Waals surface area (Å²) in [7, 11) is 2.19. The number of rotatable bonds is 3. The van der Waals surface area contributed by atoms with E-state index < -0.39 is 0 Å². The molecule has 0 bridgehead atoms. The molecule has 2 aromatic heterocycles. The van der Waals surface area contributed by atoms with Gasteiger partial charge in [-0.2, -0.15) is 0 Å². The fourth-order valence-corrected chi connectivity index (χ4v) is 3.18. The van der Waals surface area contributed by atoms with Gasteiger partial charge in [0.15, 0.2) is 5.65 Å². The molecular weight excluding hydrogens is 272 g/mol. The lowest BCUT2D eigenvalue weighted by atomic mass is 9.80. The number of imidazole rings is 1. The monoisotopic (exact) mass is 292 g/mol. The van der Waals surface area contributed by atoms with E-state index >= 15 is 0 Å². The van der Waals surface area contributed by atoms with Gasteiger partial charge >= 0.3 is 0 Å². The van der Waals surface area contributed by atoms with Crippen molar-refractivity contribution in [3.05, 3.63) is 24.2 Å². The molecule has 1 saturated heterocycles. The average molecular weight is 293 g/mol. The van der Waals surface area contributed by atoms with Gasteiger partial charge in [-0.05, 0) is 50.5 Å². The van der Waals surface area contributed by atoms with Gasteiger partial charge < -0.3 is 9.47 Å². The number of likely N-dealkylation sites (tertiary alicyclic amines) is 1. The summed E-state index contributed by atoms with van der Waals surface area (Å²) in [5.74, 6) is 1.37. The van der Waals surface area contributed by atoms with Gasteiger partial charge in [0.1, 0.15) is 11.3 Å². The Labute approximate surface area is 124 Å². The van der Waals surface area contributed by atoms with E-state index in [2.05, 4.69) is 33.4 Å². The van der Waals surface area contributed by atoms with Crippen molar-refractivity contribution < 1.29 is 0 Å². The van der Waals surface area contributed by atoms with Crippen molar-refractivity contribution in [3.8, 4) is 0 Å². The highest BCUT2D eigenvalue weighted by molar-refractivity contribution is 6.16. The molecule has 0 unspecified atom stereocenters. The van der Waals surface area contributed by atoms with Gasteiger partial charge in [0.25, 0.3) is 0 Å². The van der Waals surface area contributed by atoms with Crippen LogP contribution in [0.2, 0.25) is 0 Å². The Morgan fingerprint density at radius 2 is 2.10 bits per heavy atom. The molecule has 0 amide bonds. The number of pyridine rings is 1. The maximum atomic E-state index is 6.07. The zero-order valence-corrected chi connectivity index (χ0v) is 12.9. The summed E-state index contributed by atoms with van der Waals surface area (Å²) in [4.78, 5) is 11.5. The fourth-order valence-electron chi connectivity index (χ4n) is 2.97. The topological polar surface area (TPSA) is 34.0 Å². The van der Waals surface area contributed by atoms with Gasteiger partial charge in [-0.15, -0.1) is 11.6 Å². The summed E-state index contributed by atoms with van der Waals surface area (Å²) in [6, 6.07) is 3.93. The highest BCUT2D eigenvalue weighted by atomic mass is 35.5. The first-order chi connectivity index (χ1) is 9.61. The first-order valence-corrected chi connectivity index (χ1v) is 7.69. The SMILES string of the molecule is CN1CCC(C)(Cn2c(CCl)nc3cccnc32)CC1. The van der Waals surface area contributed by atoms with Crippen LogP contribution in [0.1, 0.15) is 25.6 Å². The molecule has 2 aromatic rings. The van der Waals surface area contributed by atoms with Gasteiger partial charge in [-0.3, -0.25) is 0 Å². The summed E-state index contributed by atoms with van der Waals surface area (Å²) in [6.45, 7) is 5.64. The van der Waals surface area contributed by atoms with Crippen molar-refractivity contribution in [1.29, 1.82) is 0 Å². The number of hydrogen-bond donors (Lipinski definition) is 0. The largest absolute Gasteiger partial charge is 0.311 e. The average Bonchev–Trinajstić information content (AvgIpc) is 2.80. The van der Waals surface area contributed by atoms with E-state index in [0.29, 0.717) is 11.3 Å². The zero-order chi connectivity index (χ0) is 14.2. The quantitative estimate of drug-likeness (QED) is 0.816. The number of hydrogen-bond acceptors (Lipinski definition) is 3. The highest BCUT2D eigenvalue weighted by Crippen LogP contribution is 2.33. The maximum absolute atomic E-state index is 6.07. The molecule has 4 nitrogen and oxygen atoms in total. The molecule has 1 aliphatic rings. The first-order valence-electron chi connectivity index (χ1n) is 7.16. The van der Waals surface area contributed by atoms with Crippen LogP contribution in [0.4, 0.5) is 0 Å². The van der Waals surface area contributed by atoms with Crippen LogP contribution in [-0.4, -0.2) is 39.6 Å². The lowest BCUT2D eigenvalue weighted by Crippen LogP contribution is -2.38. The van der Waals surface area contributed by atoms with Crippen molar-refractivity contribution in [2.45, 2.75) is 32.2 Å². The van der Waals surface area contributed by atoms with Crippen LogP contribution in [0, 0.1) is 5.41 Å². The lowest BCUT2D eigenvalue weighted by molar-refractivity contribution is 0.121. The minimum Gasteiger partial charge on any atom is -0.311 e. The molecule has 0 radical (unpaired) electrons. The molecule has 0 spiro atoms. The van der Waals surface area contributed by atoms with Crippen LogP contribution >= 0.6 is 11.6 Å². The van der Waals surface area contributed by atoms with Gasteiger partial charge in [-0.1, -0.05) is 6.92 Å². The number of nitrogens with zero attached hydrogens (tertiary/aromatic N) is 4. The van der Waals surface area contributed by atoms with E-state index in [1.54, 1.807) is 0 Å². The third-order valence-electron chi connectivity index (χ3n) is 4.44. The van der Waals surface area contributed by atoms with Gasteiger partial charge in [-0.25, -0.2) is 9.97 Å². The van der Waals surface area contributed by atoms with E-state index in [9.17, 15) is 0 Å². The van der Waals surface area contributed by atoms with Crippen molar-refractivity contribution >= 4 is 22.8 Å². The molecule has 1 aliphatic heterocycles. The fraction of sp³-hybridized carbons (Fsp3) is 0.600. The Hall–Kier alpha value is -1.13. The van der Waals surface area contributed by atoms with Gasteiger partial charge in [0.2, 0.25) is 0 Å². The molecule has 5 heteroatoms. The van der Waals surface area contributed by atoms with E-state index in [0.717, 1.165) is 36.6 Å². The van der Waals surface area contributed by atoms with Crippen LogP contribution < -0.4 is 0 Å². The summed E-state index contributed by atoms with van der Waals surface area (Å²) in [5.41, 5.74) is 2.21. The second-order valence-electron chi connectivity index (χ2n) is 6.21. The van der Waals surface area contributed by atoms with E-state index in [-0.39, 0.29) is 0 Å². The molecule has 108 valence electrons. The van der Waals surface area contributed by atoms with E-state index in [1.807, 2.05) is 18.3 Å². The summed E-state index contributed by atoms with van der Waals surface area (Å²) < 4.78 is 2.22. The predicted octanol–water partition coefficient (Wildman–Crippen LogP) is 2.90. The summed E-state index contributed by atoms with van der Waals surface area (Å²) in [6.07, 6.45) is 4.24. The molecular formula is C15H21ClN4. The number of halogens is 1. The Morgan fingerprint density at radius 3 is 2.80 bits per heavy atom. The molecule has 0 aliphatic carbocycles. The molecule has 3 heterocycles. The first kappa shape index (κ1) is 13.8. The Morgan fingerprint density at radius 1 is 1.35 bits per heavy atom. The Balaban J connectivity index is 1.93. The van der Waals surface area contributed by atoms with Gasteiger partial charge in [0.05, 0.1) is 5.88 Å². The third-order valence-corrected chi connectivity index (χ3v) is 4.68. The van der Waals surface area contributed by atoms with Crippen LogP contribution in [0.25, 0.3) is 11.2 Å². The van der Waals surface area contributed by atoms with E-state index in [4.69, 9.17) is 11.6 Å². The van der Waals surface area contributed by atoms with Crippen molar-refractivity contribution in [2.24, 2.45) is 5.41 Å². The predicted molar refractivity (Wildman–Crippen MR) is 81.9 cm³/mol. The van der Waals surface area contributed by atoms with Crippen LogP contribution in [0.5, 0.6) is 0 Å². The molecule has 1 fully saturated rings. The van der Waals surface area contributed by atoms with Crippen molar-refractivity contribution in [2.75, 3.05) is 20.1 Å². The molecule has 0 saturated carbocycles. The van der Waals surface area contributed by atoms with E-state index in [1.165, 1.54) is 12.8 Å². The normalized spacial score (nSPS) is 19.6. The standard InChI is InChI=1S/C15H21ClN4/c1-15(5-8-19(2)9-6-15)11-20-13(10-16)18-12-4-3-7-17-14(12)20/h3-4,7H,5-6,8-11H2,1-2H3. The van der Waals surface area contributed by atoms with Crippen molar-refractivity contribution in [3.63, 3.8) is 0 Å². The highest BCUT2D eigenvalue weighted by Gasteiger charge is 2.30. The third kappa shape index (κ3) is 2.54. The smallest absolute Gasteiger partial charge is 0.160 e. The van der Waals surface area contributed by atoms with Gasteiger partial charge in [0, 0.05) is 12.7 Å². The molecule has 0 aromatic carbocycles. The van der Waals surface area contributed by atoms with Crippen LogP contribution in [0.3, 0.4) is 0 Å².